The lowest BCUT2D eigenvalue weighted by molar-refractivity contribution is 0.153. The smallest absolute Gasteiger partial charge is 0.323 e. The molecule has 0 bridgehead atoms. The molecule has 4 heteroatoms. The minimum absolute atomic E-state index is 0.0552. The number of fused-ring (bicyclic) bond motifs is 1. The number of carbonyl (C=O) groups excluding carboxylic acids is 1. The topological polar surface area (TPSA) is 35.9 Å². The number of hydrogen-bond donors (Lipinski definition) is 0. The van der Waals surface area contributed by atoms with Gasteiger partial charge in [0.15, 0.2) is 0 Å². The van der Waals surface area contributed by atoms with Gasteiger partial charge in [-0.1, -0.05) is 0 Å². The Morgan fingerprint density at radius 2 is 2.31 bits per heavy atom. The Bertz CT molecular complexity index is 295. The maximum atomic E-state index is 11.5. The molecule has 0 radical (unpaired) electrons. The van der Waals surface area contributed by atoms with E-state index in [1.807, 2.05) is 13.3 Å². The fourth-order valence-electron chi connectivity index (χ4n) is 1.85. The molecule has 0 spiro atoms. The Balaban J connectivity index is 2.29. The lowest BCUT2D eigenvalue weighted by atomic mass is 9.97. The van der Waals surface area contributed by atoms with Crippen molar-refractivity contribution < 1.29 is 4.79 Å². The zero-order chi connectivity index (χ0) is 9.42. The first-order valence-corrected chi connectivity index (χ1v) is 4.40. The van der Waals surface area contributed by atoms with Crippen molar-refractivity contribution in [1.82, 2.24) is 9.80 Å². The zero-order valence-corrected chi connectivity index (χ0v) is 7.90. The quantitative estimate of drug-likeness (QED) is 0.544. The predicted octanol–water partition coefficient (Wildman–Crippen LogP) is 0.916. The van der Waals surface area contributed by atoms with Crippen LogP contribution in [-0.2, 0) is 0 Å². The summed E-state index contributed by atoms with van der Waals surface area (Å²) < 4.78 is 0. The molecular weight excluding hydrogens is 166 g/mol. The maximum absolute atomic E-state index is 11.5. The van der Waals surface area contributed by atoms with Crippen molar-refractivity contribution >= 4 is 12.2 Å². The molecule has 0 N–H and O–H groups in total. The molecule has 2 amide bonds. The van der Waals surface area contributed by atoms with Crippen LogP contribution in [0.3, 0.4) is 0 Å². The summed E-state index contributed by atoms with van der Waals surface area (Å²) >= 11 is 0. The fraction of sp³-hybridized carbons (Fsp3) is 0.556. The lowest BCUT2D eigenvalue weighted by Crippen LogP contribution is -2.48. The molecule has 2 heterocycles. The SMILES string of the molecule is CN1CC2CC=NC=C2N(C)C1=O. The van der Waals surface area contributed by atoms with E-state index in [1.165, 1.54) is 0 Å². The van der Waals surface area contributed by atoms with Gasteiger partial charge in [0.25, 0.3) is 0 Å². The Morgan fingerprint density at radius 1 is 1.54 bits per heavy atom. The van der Waals surface area contributed by atoms with Gasteiger partial charge in [-0.3, -0.25) is 9.89 Å². The first-order valence-electron chi connectivity index (χ1n) is 4.40. The molecule has 0 aromatic rings. The molecule has 0 aliphatic carbocycles. The van der Waals surface area contributed by atoms with E-state index >= 15 is 0 Å². The van der Waals surface area contributed by atoms with Gasteiger partial charge in [-0.15, -0.1) is 0 Å². The fourth-order valence-corrected chi connectivity index (χ4v) is 1.85. The first-order chi connectivity index (χ1) is 6.20. The van der Waals surface area contributed by atoms with Crippen LogP contribution in [0.4, 0.5) is 4.79 Å². The van der Waals surface area contributed by atoms with Gasteiger partial charge in [-0.05, 0) is 6.42 Å². The molecule has 1 unspecified atom stereocenters. The number of urea groups is 1. The van der Waals surface area contributed by atoms with Gasteiger partial charge < -0.3 is 4.90 Å². The molecule has 2 aliphatic heterocycles. The molecule has 1 fully saturated rings. The number of hydrogen-bond acceptors (Lipinski definition) is 2. The third kappa shape index (κ3) is 1.22. The van der Waals surface area contributed by atoms with Gasteiger partial charge in [0, 0.05) is 44.7 Å². The first kappa shape index (κ1) is 8.29. The standard InChI is InChI=1S/C9H13N3O/c1-11-6-7-3-4-10-5-8(7)12(2)9(11)13/h4-5,7H,3,6H2,1-2H3. The van der Waals surface area contributed by atoms with Gasteiger partial charge >= 0.3 is 6.03 Å². The van der Waals surface area contributed by atoms with E-state index < -0.39 is 0 Å². The molecule has 4 nitrogen and oxygen atoms in total. The van der Waals surface area contributed by atoms with Crippen LogP contribution in [-0.4, -0.2) is 42.7 Å². The average molecular weight is 179 g/mol. The van der Waals surface area contributed by atoms with Crippen molar-refractivity contribution in [3.63, 3.8) is 0 Å². The Morgan fingerprint density at radius 3 is 3.08 bits per heavy atom. The third-order valence-corrected chi connectivity index (χ3v) is 2.62. The van der Waals surface area contributed by atoms with Crippen LogP contribution >= 0.6 is 0 Å². The highest BCUT2D eigenvalue weighted by Crippen LogP contribution is 2.26. The molecule has 0 aromatic carbocycles. The number of aliphatic imine (C=N–C) groups is 1. The summed E-state index contributed by atoms with van der Waals surface area (Å²) in [6.45, 7) is 0.807. The molecule has 2 rings (SSSR count). The summed E-state index contributed by atoms with van der Waals surface area (Å²) in [4.78, 5) is 19.0. The molecule has 13 heavy (non-hydrogen) atoms. The van der Waals surface area contributed by atoms with E-state index in [0.717, 1.165) is 18.7 Å². The number of amides is 2. The summed E-state index contributed by atoms with van der Waals surface area (Å²) in [5, 5.41) is 0. The van der Waals surface area contributed by atoms with Gasteiger partial charge in [0.05, 0.1) is 0 Å². The van der Waals surface area contributed by atoms with Crippen molar-refractivity contribution in [2.24, 2.45) is 10.9 Å². The highest BCUT2D eigenvalue weighted by atomic mass is 16.2. The molecular formula is C9H13N3O. The summed E-state index contributed by atoms with van der Waals surface area (Å²) in [5.41, 5.74) is 1.05. The van der Waals surface area contributed by atoms with Gasteiger partial charge in [0.2, 0.25) is 0 Å². The minimum Gasteiger partial charge on any atom is -0.327 e. The van der Waals surface area contributed by atoms with Crippen molar-refractivity contribution in [2.75, 3.05) is 20.6 Å². The van der Waals surface area contributed by atoms with Gasteiger partial charge in [-0.2, -0.15) is 0 Å². The lowest BCUT2D eigenvalue weighted by Gasteiger charge is -2.38. The highest BCUT2D eigenvalue weighted by molar-refractivity contribution is 5.78. The van der Waals surface area contributed by atoms with E-state index in [0.29, 0.717) is 5.92 Å². The Labute approximate surface area is 77.5 Å². The van der Waals surface area contributed by atoms with E-state index in [-0.39, 0.29) is 6.03 Å². The van der Waals surface area contributed by atoms with Crippen LogP contribution < -0.4 is 0 Å². The summed E-state index contributed by atoms with van der Waals surface area (Å²) in [7, 11) is 3.64. The molecule has 1 atom stereocenters. The van der Waals surface area contributed by atoms with Crippen LogP contribution in [0, 0.1) is 5.92 Å². The number of rotatable bonds is 0. The molecule has 0 saturated carbocycles. The van der Waals surface area contributed by atoms with E-state index in [2.05, 4.69) is 4.99 Å². The van der Waals surface area contributed by atoms with Crippen molar-refractivity contribution in [2.45, 2.75) is 6.42 Å². The van der Waals surface area contributed by atoms with E-state index in [1.54, 1.807) is 23.0 Å². The maximum Gasteiger partial charge on any atom is 0.323 e. The molecule has 0 aromatic heterocycles. The van der Waals surface area contributed by atoms with Crippen LogP contribution in [0.2, 0.25) is 0 Å². The minimum atomic E-state index is 0.0552. The second kappa shape index (κ2) is 2.87. The molecule has 2 aliphatic rings. The predicted molar refractivity (Wildman–Crippen MR) is 50.5 cm³/mol. The normalized spacial score (nSPS) is 27.4. The van der Waals surface area contributed by atoms with Gasteiger partial charge in [-0.25, -0.2) is 4.79 Å². The van der Waals surface area contributed by atoms with Crippen LogP contribution in [0.5, 0.6) is 0 Å². The van der Waals surface area contributed by atoms with E-state index in [4.69, 9.17) is 0 Å². The summed E-state index contributed by atoms with van der Waals surface area (Å²) in [6, 6.07) is 0.0552. The zero-order valence-electron chi connectivity index (χ0n) is 7.90. The highest BCUT2D eigenvalue weighted by Gasteiger charge is 2.32. The van der Waals surface area contributed by atoms with Gasteiger partial charge in [0.1, 0.15) is 0 Å². The Kier molecular flexibility index (Phi) is 1.83. The van der Waals surface area contributed by atoms with Crippen LogP contribution in [0.1, 0.15) is 6.42 Å². The van der Waals surface area contributed by atoms with Crippen molar-refractivity contribution in [1.29, 1.82) is 0 Å². The Hall–Kier alpha value is -1.32. The van der Waals surface area contributed by atoms with Crippen LogP contribution in [0.15, 0.2) is 16.9 Å². The van der Waals surface area contributed by atoms with Crippen molar-refractivity contribution in [3.05, 3.63) is 11.9 Å². The number of carbonyl (C=O) groups is 1. The third-order valence-electron chi connectivity index (χ3n) is 2.62. The van der Waals surface area contributed by atoms with E-state index in [9.17, 15) is 4.79 Å². The molecule has 70 valence electrons. The second-order valence-electron chi connectivity index (χ2n) is 3.54. The molecule has 1 saturated heterocycles. The summed E-state index contributed by atoms with van der Waals surface area (Å²) in [6.07, 6.45) is 4.64. The second-order valence-corrected chi connectivity index (χ2v) is 3.54. The number of nitrogens with zero attached hydrogens (tertiary/aromatic N) is 3. The summed E-state index contributed by atoms with van der Waals surface area (Å²) in [5.74, 6) is 0.435. The van der Waals surface area contributed by atoms with Crippen molar-refractivity contribution in [3.8, 4) is 0 Å². The largest absolute Gasteiger partial charge is 0.327 e. The monoisotopic (exact) mass is 179 g/mol. The average Bonchev–Trinajstić information content (AvgIpc) is 2.15. The van der Waals surface area contributed by atoms with Crippen LogP contribution in [0.25, 0.3) is 0 Å².